The van der Waals surface area contributed by atoms with E-state index in [0.29, 0.717) is 37.0 Å². The molecule has 3 aliphatic rings. The number of hydrogen-bond donors (Lipinski definition) is 2. The lowest BCUT2D eigenvalue weighted by Crippen LogP contribution is -2.52. The van der Waals surface area contributed by atoms with Crippen molar-refractivity contribution in [3.63, 3.8) is 0 Å². The van der Waals surface area contributed by atoms with Gasteiger partial charge in [0.05, 0.1) is 11.9 Å². The molecule has 8 heteroatoms. The molecule has 0 radical (unpaired) electrons. The highest BCUT2D eigenvalue weighted by atomic mass is 19.1. The van der Waals surface area contributed by atoms with Crippen molar-refractivity contribution in [3.05, 3.63) is 64.7 Å². The number of nitrogens with zero attached hydrogens (tertiary/aromatic N) is 2. The summed E-state index contributed by atoms with van der Waals surface area (Å²) in [6.45, 7) is 1.01. The van der Waals surface area contributed by atoms with Gasteiger partial charge in [-0.1, -0.05) is 25.0 Å². The smallest absolute Gasteiger partial charge is 0.255 e. The Bertz CT molecular complexity index is 1100. The Morgan fingerprint density at radius 1 is 1.09 bits per heavy atom. The quantitative estimate of drug-likeness (QED) is 0.642. The lowest BCUT2D eigenvalue weighted by molar-refractivity contribution is -0.136. The van der Waals surface area contributed by atoms with Gasteiger partial charge in [0, 0.05) is 31.1 Å². The molecule has 0 spiro atoms. The molecule has 1 aromatic heterocycles. The van der Waals surface area contributed by atoms with Crippen LogP contribution in [0.15, 0.2) is 36.5 Å². The molecule has 1 unspecified atom stereocenters. The number of nitrogens with one attached hydrogen (secondary N) is 2. The number of amides is 3. The van der Waals surface area contributed by atoms with Gasteiger partial charge in [-0.15, -0.1) is 0 Å². The molecule has 1 aromatic carbocycles. The van der Waals surface area contributed by atoms with Gasteiger partial charge < -0.3 is 10.2 Å². The predicted octanol–water partition coefficient (Wildman–Crippen LogP) is 2.87. The van der Waals surface area contributed by atoms with Crippen LogP contribution in [0.1, 0.15) is 65.7 Å². The standard InChI is InChI=1S/C26H29FN4O3/c27-19-6-7-20(28-13-19)14-29-22-4-2-1-3-17(22)11-16-5-8-21-18(12-16)15-31(26(21)34)23-9-10-24(32)30-25(23)33/h5-8,12-13,17,22-23,29H,1-4,9-11,14-15H2,(H,30,32,33)/t17-,22+,23?/m1/s1. The topological polar surface area (TPSA) is 91.4 Å². The first-order valence-corrected chi connectivity index (χ1v) is 12.1. The second kappa shape index (κ2) is 9.62. The van der Waals surface area contributed by atoms with Crippen LogP contribution in [0.3, 0.4) is 0 Å². The van der Waals surface area contributed by atoms with Crippen molar-refractivity contribution in [2.45, 2.75) is 70.1 Å². The van der Waals surface area contributed by atoms with Gasteiger partial charge in [0.2, 0.25) is 11.8 Å². The number of carbonyl (C=O) groups excluding carboxylic acids is 3. The molecule has 2 aromatic rings. The third-order valence-corrected chi connectivity index (χ3v) is 7.33. The summed E-state index contributed by atoms with van der Waals surface area (Å²) in [5.74, 6) is -0.663. The zero-order valence-electron chi connectivity index (χ0n) is 19.1. The average molecular weight is 465 g/mol. The summed E-state index contributed by atoms with van der Waals surface area (Å²) in [5.41, 5.74) is 3.61. The van der Waals surface area contributed by atoms with Gasteiger partial charge in [-0.25, -0.2) is 4.39 Å². The van der Waals surface area contributed by atoms with Gasteiger partial charge in [-0.3, -0.25) is 24.7 Å². The third kappa shape index (κ3) is 4.73. The normalized spacial score (nSPS) is 24.8. The molecule has 1 saturated heterocycles. The molecule has 3 atom stereocenters. The Morgan fingerprint density at radius 2 is 1.94 bits per heavy atom. The molecule has 1 aliphatic carbocycles. The van der Waals surface area contributed by atoms with E-state index in [1.807, 2.05) is 12.1 Å². The van der Waals surface area contributed by atoms with Crippen LogP contribution in [0.4, 0.5) is 4.39 Å². The van der Waals surface area contributed by atoms with E-state index in [9.17, 15) is 18.8 Å². The van der Waals surface area contributed by atoms with Crippen LogP contribution in [-0.4, -0.2) is 39.7 Å². The van der Waals surface area contributed by atoms with Gasteiger partial charge in [0.1, 0.15) is 11.9 Å². The summed E-state index contributed by atoms with van der Waals surface area (Å²) in [5, 5.41) is 5.98. The van der Waals surface area contributed by atoms with E-state index in [1.165, 1.54) is 30.7 Å². The van der Waals surface area contributed by atoms with Crippen molar-refractivity contribution in [1.82, 2.24) is 20.5 Å². The summed E-state index contributed by atoms with van der Waals surface area (Å²) in [6.07, 6.45) is 7.40. The third-order valence-electron chi connectivity index (χ3n) is 7.33. The van der Waals surface area contributed by atoms with Gasteiger partial charge in [0.25, 0.3) is 5.91 Å². The number of aromatic nitrogens is 1. The Hall–Kier alpha value is -3.13. The fourth-order valence-electron chi connectivity index (χ4n) is 5.52. The van der Waals surface area contributed by atoms with Gasteiger partial charge in [0.15, 0.2) is 0 Å². The number of fused-ring (bicyclic) bond motifs is 1. The van der Waals surface area contributed by atoms with Crippen molar-refractivity contribution in [3.8, 4) is 0 Å². The van der Waals surface area contributed by atoms with Crippen molar-refractivity contribution < 1.29 is 18.8 Å². The minimum absolute atomic E-state index is 0.139. The van der Waals surface area contributed by atoms with Crippen LogP contribution in [0.2, 0.25) is 0 Å². The van der Waals surface area contributed by atoms with E-state index < -0.39 is 6.04 Å². The number of rotatable bonds is 6. The molecular formula is C26H29FN4O3. The highest BCUT2D eigenvalue weighted by Gasteiger charge is 2.39. The first-order chi connectivity index (χ1) is 16.5. The summed E-state index contributed by atoms with van der Waals surface area (Å²) < 4.78 is 13.1. The van der Waals surface area contributed by atoms with Crippen LogP contribution in [-0.2, 0) is 29.1 Å². The Labute approximate surface area is 198 Å². The number of carbonyl (C=O) groups is 3. The lowest BCUT2D eigenvalue weighted by atomic mass is 9.80. The van der Waals surface area contributed by atoms with Gasteiger partial charge >= 0.3 is 0 Å². The maximum atomic E-state index is 13.1. The molecule has 7 nitrogen and oxygen atoms in total. The monoisotopic (exact) mass is 464 g/mol. The number of pyridine rings is 1. The maximum absolute atomic E-state index is 13.1. The molecule has 3 amide bonds. The number of piperidine rings is 1. The first kappa shape index (κ1) is 22.7. The molecule has 2 fully saturated rings. The molecule has 2 N–H and O–H groups in total. The highest BCUT2D eigenvalue weighted by molar-refractivity contribution is 6.05. The van der Waals surface area contributed by atoms with E-state index >= 15 is 0 Å². The van der Waals surface area contributed by atoms with Crippen LogP contribution < -0.4 is 10.6 Å². The highest BCUT2D eigenvalue weighted by Crippen LogP contribution is 2.31. The second-order valence-corrected chi connectivity index (χ2v) is 9.60. The Balaban J connectivity index is 1.24. The van der Waals surface area contributed by atoms with Crippen LogP contribution in [0.25, 0.3) is 0 Å². The van der Waals surface area contributed by atoms with Crippen LogP contribution in [0, 0.1) is 11.7 Å². The maximum Gasteiger partial charge on any atom is 0.255 e. The summed E-state index contributed by atoms with van der Waals surface area (Å²) >= 11 is 0. The van der Waals surface area contributed by atoms with Crippen molar-refractivity contribution in [2.24, 2.45) is 5.92 Å². The lowest BCUT2D eigenvalue weighted by Gasteiger charge is -2.32. The van der Waals surface area contributed by atoms with E-state index in [1.54, 1.807) is 11.0 Å². The molecule has 3 heterocycles. The SMILES string of the molecule is O=C1CCC(N2Cc3cc(C[C@H]4CCCC[C@@H]4NCc4ccc(F)cn4)ccc3C2=O)C(=O)N1. The second-order valence-electron chi connectivity index (χ2n) is 9.60. The fraction of sp³-hybridized carbons (Fsp3) is 0.462. The van der Waals surface area contributed by atoms with E-state index in [4.69, 9.17) is 0 Å². The molecular weight excluding hydrogens is 435 g/mol. The van der Waals surface area contributed by atoms with Gasteiger partial charge in [-0.2, -0.15) is 0 Å². The number of benzene rings is 1. The Morgan fingerprint density at radius 3 is 2.74 bits per heavy atom. The largest absolute Gasteiger partial charge is 0.322 e. The number of hydrogen-bond acceptors (Lipinski definition) is 5. The minimum Gasteiger partial charge on any atom is -0.322 e. The van der Waals surface area contributed by atoms with Crippen molar-refractivity contribution >= 4 is 17.7 Å². The van der Waals surface area contributed by atoms with Crippen LogP contribution in [0.5, 0.6) is 0 Å². The molecule has 0 bridgehead atoms. The molecule has 5 rings (SSSR count). The Kier molecular flexibility index (Phi) is 6.41. The van der Waals surface area contributed by atoms with E-state index in [0.717, 1.165) is 30.5 Å². The molecule has 1 saturated carbocycles. The predicted molar refractivity (Wildman–Crippen MR) is 123 cm³/mol. The van der Waals surface area contributed by atoms with E-state index in [2.05, 4.69) is 21.7 Å². The summed E-state index contributed by atoms with van der Waals surface area (Å²) in [6, 6.07) is 8.93. The van der Waals surface area contributed by atoms with Crippen molar-refractivity contribution in [2.75, 3.05) is 0 Å². The summed E-state index contributed by atoms with van der Waals surface area (Å²) in [4.78, 5) is 42.4. The molecule has 2 aliphatic heterocycles. The minimum atomic E-state index is -0.590. The van der Waals surface area contributed by atoms with Gasteiger partial charge in [-0.05, 0) is 60.9 Å². The average Bonchev–Trinajstić information content (AvgIpc) is 3.15. The van der Waals surface area contributed by atoms with E-state index in [-0.39, 0.29) is 30.0 Å². The molecule has 178 valence electrons. The fourth-order valence-corrected chi connectivity index (χ4v) is 5.52. The summed E-state index contributed by atoms with van der Waals surface area (Å²) in [7, 11) is 0. The van der Waals surface area contributed by atoms with Crippen molar-refractivity contribution in [1.29, 1.82) is 0 Å². The van der Waals surface area contributed by atoms with Crippen LogP contribution >= 0.6 is 0 Å². The number of halogens is 1. The number of imide groups is 1. The first-order valence-electron chi connectivity index (χ1n) is 12.1. The zero-order chi connectivity index (χ0) is 23.7. The zero-order valence-corrected chi connectivity index (χ0v) is 19.1. The molecule has 34 heavy (non-hydrogen) atoms.